The van der Waals surface area contributed by atoms with Gasteiger partial charge in [-0.25, -0.2) is 0 Å². The number of piperazine rings is 1. The third kappa shape index (κ3) is 4.88. The molecular weight excluding hydrogens is 528 g/mol. The lowest BCUT2D eigenvalue weighted by molar-refractivity contribution is 0.112. The summed E-state index contributed by atoms with van der Waals surface area (Å²) in [6.07, 6.45) is 5.30. The van der Waals surface area contributed by atoms with Gasteiger partial charge in [-0.2, -0.15) is 19.6 Å². The predicted octanol–water partition coefficient (Wildman–Crippen LogP) is 4.03. The molecule has 0 saturated carbocycles. The number of aromatic nitrogens is 3. The van der Waals surface area contributed by atoms with E-state index in [9.17, 15) is 5.26 Å². The Morgan fingerprint density at radius 2 is 2.03 bits per heavy atom. The second kappa shape index (κ2) is 10.7. The Morgan fingerprint density at radius 3 is 2.77 bits per heavy atom. The third-order valence-corrected chi connectivity index (χ3v) is 10.7. The molecule has 3 aromatic heterocycles. The summed E-state index contributed by atoms with van der Waals surface area (Å²) in [5, 5.41) is 13.9. The fraction of sp³-hybridized carbons (Fsp3) is 0.571. The molecule has 2 aliphatic heterocycles. The second-order valence-electron chi connectivity index (χ2n) is 11.2. The maximum absolute atomic E-state index is 9.90. The lowest BCUT2D eigenvalue weighted by Gasteiger charge is -2.33. The summed E-state index contributed by atoms with van der Waals surface area (Å²) in [4.78, 5) is 16.8. The summed E-state index contributed by atoms with van der Waals surface area (Å²) in [6, 6.07) is 7.34. The standard InChI is InChI=1S/C28H36N8OS2/c1-17(21-6-5-11-35(21)3)37-27-32-19(15-24(33-27)36-12-9-31-10-13-36)20-14-23(39-34-20)28(2)8-4-7-22-25(28)18(16-29)26(30)38-22/h14-15,17,21,31H,4-13,30H2,1-3H3/t17-,21-,28+/m0/s1. The number of aryl methyl sites for hydroxylation is 1. The van der Waals surface area contributed by atoms with Gasteiger partial charge in [-0.1, -0.05) is 6.92 Å². The van der Waals surface area contributed by atoms with Crippen molar-refractivity contribution in [1.29, 1.82) is 5.26 Å². The number of nitriles is 1. The van der Waals surface area contributed by atoms with Crippen molar-refractivity contribution in [3.8, 4) is 23.5 Å². The summed E-state index contributed by atoms with van der Waals surface area (Å²) in [5.41, 5.74) is 9.29. The third-order valence-electron chi connectivity index (χ3n) is 8.61. The monoisotopic (exact) mass is 564 g/mol. The van der Waals surface area contributed by atoms with Crippen LogP contribution in [-0.2, 0) is 11.8 Å². The lowest BCUT2D eigenvalue weighted by atomic mass is 9.71. The minimum atomic E-state index is -0.294. The predicted molar refractivity (Wildman–Crippen MR) is 157 cm³/mol. The Balaban J connectivity index is 1.36. The van der Waals surface area contributed by atoms with Gasteiger partial charge in [0, 0.05) is 53.5 Å². The van der Waals surface area contributed by atoms with Crippen molar-refractivity contribution in [3.63, 3.8) is 0 Å². The van der Waals surface area contributed by atoms with E-state index in [4.69, 9.17) is 24.8 Å². The van der Waals surface area contributed by atoms with Crippen LogP contribution in [0.1, 0.15) is 60.4 Å². The highest BCUT2D eigenvalue weighted by Crippen LogP contribution is 2.50. The van der Waals surface area contributed by atoms with Crippen molar-refractivity contribution in [2.75, 3.05) is 50.4 Å². The Hall–Kier alpha value is -2.78. The molecule has 3 atom stereocenters. The number of nitrogens with zero attached hydrogens (tertiary/aromatic N) is 6. The molecule has 0 aromatic carbocycles. The summed E-state index contributed by atoms with van der Waals surface area (Å²) < 4.78 is 11.3. The van der Waals surface area contributed by atoms with Crippen molar-refractivity contribution >= 4 is 33.7 Å². The highest BCUT2D eigenvalue weighted by molar-refractivity contribution is 7.16. The number of fused-ring (bicyclic) bond motifs is 1. The zero-order chi connectivity index (χ0) is 27.1. The van der Waals surface area contributed by atoms with Gasteiger partial charge in [-0.15, -0.1) is 11.3 Å². The van der Waals surface area contributed by atoms with Gasteiger partial charge < -0.3 is 20.7 Å². The number of likely N-dealkylation sites (tertiary alicyclic amines) is 1. The van der Waals surface area contributed by atoms with E-state index >= 15 is 0 Å². The number of hydrogen-bond donors (Lipinski definition) is 2. The largest absolute Gasteiger partial charge is 0.459 e. The first kappa shape index (κ1) is 26.4. The number of nitrogen functional groups attached to an aromatic ring is 1. The smallest absolute Gasteiger partial charge is 0.319 e. The molecule has 9 nitrogen and oxygen atoms in total. The Morgan fingerprint density at radius 1 is 1.21 bits per heavy atom. The summed E-state index contributed by atoms with van der Waals surface area (Å²) >= 11 is 3.06. The SMILES string of the molecule is C[C@H](Oc1nc(-c2cc([C@@]3(C)CCCc4sc(N)c(C#N)c43)sn2)cc(N2CCNCC2)n1)[C@@H]1CCCN1C. The van der Waals surface area contributed by atoms with Crippen LogP contribution in [0.15, 0.2) is 12.1 Å². The summed E-state index contributed by atoms with van der Waals surface area (Å²) in [6.45, 7) is 9.06. The number of nitrogens with two attached hydrogens (primary N) is 1. The average Bonchev–Trinajstić information content (AvgIpc) is 3.68. The first-order valence-electron chi connectivity index (χ1n) is 13.9. The van der Waals surface area contributed by atoms with Crippen molar-refractivity contribution in [3.05, 3.63) is 33.0 Å². The van der Waals surface area contributed by atoms with Crippen LogP contribution in [-0.4, -0.2) is 71.2 Å². The molecule has 3 aromatic rings. The normalized spacial score (nSPS) is 24.4. The van der Waals surface area contributed by atoms with Crippen LogP contribution in [0.25, 0.3) is 11.4 Å². The van der Waals surface area contributed by atoms with Gasteiger partial charge >= 0.3 is 6.01 Å². The van der Waals surface area contributed by atoms with Crippen molar-refractivity contribution < 1.29 is 4.74 Å². The molecule has 3 N–H and O–H groups in total. The van der Waals surface area contributed by atoms with Crippen molar-refractivity contribution in [2.24, 2.45) is 0 Å². The molecule has 206 valence electrons. The molecule has 0 spiro atoms. The number of anilines is 2. The fourth-order valence-electron chi connectivity index (χ4n) is 6.42. The van der Waals surface area contributed by atoms with E-state index in [1.54, 1.807) is 11.3 Å². The number of thiophene rings is 1. The Labute approximate surface area is 238 Å². The molecule has 3 aliphatic rings. The van der Waals surface area contributed by atoms with Gasteiger partial charge in [-0.05, 0) is 75.8 Å². The summed E-state index contributed by atoms with van der Waals surface area (Å²) in [7, 11) is 2.16. The molecule has 1 aliphatic carbocycles. The maximum atomic E-state index is 9.90. The van der Waals surface area contributed by atoms with Crippen LogP contribution in [0.3, 0.4) is 0 Å². The first-order valence-corrected chi connectivity index (χ1v) is 15.5. The van der Waals surface area contributed by atoms with Crippen LogP contribution in [0.2, 0.25) is 0 Å². The van der Waals surface area contributed by atoms with Crippen LogP contribution in [0.5, 0.6) is 6.01 Å². The quantitative estimate of drug-likeness (QED) is 0.458. The minimum absolute atomic E-state index is 0.0114. The average molecular weight is 565 g/mol. The Bertz CT molecular complexity index is 1390. The highest BCUT2D eigenvalue weighted by Gasteiger charge is 2.40. The van der Waals surface area contributed by atoms with Gasteiger partial charge in [0.1, 0.15) is 28.7 Å². The molecule has 2 saturated heterocycles. The zero-order valence-electron chi connectivity index (χ0n) is 22.9. The van der Waals surface area contributed by atoms with Gasteiger partial charge in [0.15, 0.2) is 0 Å². The minimum Gasteiger partial charge on any atom is -0.459 e. The van der Waals surface area contributed by atoms with Crippen molar-refractivity contribution in [2.45, 2.75) is 63.5 Å². The zero-order valence-corrected chi connectivity index (χ0v) is 24.5. The van der Waals surface area contributed by atoms with Crippen LogP contribution < -0.4 is 20.7 Å². The number of likely N-dealkylation sites (N-methyl/N-ethyl adjacent to an activating group) is 1. The molecule has 0 bridgehead atoms. The van der Waals surface area contributed by atoms with Crippen LogP contribution in [0.4, 0.5) is 10.8 Å². The van der Waals surface area contributed by atoms with Crippen LogP contribution in [0, 0.1) is 11.3 Å². The molecule has 6 rings (SSSR count). The first-order chi connectivity index (χ1) is 18.9. The number of rotatable bonds is 6. The van der Waals surface area contributed by atoms with E-state index in [-0.39, 0.29) is 11.5 Å². The molecular formula is C28H36N8OS2. The second-order valence-corrected chi connectivity index (χ2v) is 13.1. The lowest BCUT2D eigenvalue weighted by Crippen LogP contribution is -2.44. The Kier molecular flexibility index (Phi) is 7.22. The maximum Gasteiger partial charge on any atom is 0.319 e. The van der Waals surface area contributed by atoms with E-state index in [2.05, 4.69) is 48.1 Å². The molecule has 5 heterocycles. The van der Waals surface area contributed by atoms with Gasteiger partial charge in [-0.3, -0.25) is 4.90 Å². The highest BCUT2D eigenvalue weighted by atomic mass is 32.1. The van der Waals surface area contributed by atoms with E-state index in [1.165, 1.54) is 22.8 Å². The van der Waals surface area contributed by atoms with E-state index in [1.807, 2.05) is 6.07 Å². The summed E-state index contributed by atoms with van der Waals surface area (Å²) in [5.74, 6) is 0.876. The fourth-order valence-corrected chi connectivity index (χ4v) is 8.53. The van der Waals surface area contributed by atoms with Gasteiger partial charge in [0.2, 0.25) is 0 Å². The van der Waals surface area contributed by atoms with E-state index < -0.39 is 0 Å². The van der Waals surface area contributed by atoms with E-state index in [0.717, 1.165) is 86.1 Å². The molecule has 0 amide bonds. The molecule has 0 unspecified atom stereocenters. The van der Waals surface area contributed by atoms with Crippen molar-refractivity contribution in [1.82, 2.24) is 24.6 Å². The van der Waals surface area contributed by atoms with Crippen LogP contribution >= 0.6 is 22.9 Å². The molecule has 0 radical (unpaired) electrons. The molecule has 2 fully saturated rings. The molecule has 39 heavy (non-hydrogen) atoms. The van der Waals surface area contributed by atoms with E-state index in [0.29, 0.717) is 22.6 Å². The molecule has 11 heteroatoms. The number of nitrogens with one attached hydrogen (secondary N) is 1. The number of ether oxygens (including phenoxy) is 1. The van der Waals surface area contributed by atoms with Gasteiger partial charge in [0.25, 0.3) is 0 Å². The van der Waals surface area contributed by atoms with Gasteiger partial charge in [0.05, 0.1) is 11.3 Å². The topological polar surface area (TPSA) is 116 Å². The number of hydrogen-bond acceptors (Lipinski definition) is 11.